The number of H-pyrrole nitrogens is 1. The lowest BCUT2D eigenvalue weighted by atomic mass is 10.1. The van der Waals surface area contributed by atoms with Gasteiger partial charge in [0.15, 0.2) is 0 Å². The van der Waals surface area contributed by atoms with Crippen molar-refractivity contribution >= 4 is 39.9 Å². The molecule has 0 spiro atoms. The number of carbonyl (C=O) groups is 1. The van der Waals surface area contributed by atoms with Gasteiger partial charge in [-0.25, -0.2) is 4.39 Å². The van der Waals surface area contributed by atoms with Crippen LogP contribution in [0.1, 0.15) is 34.5 Å². The zero-order valence-corrected chi connectivity index (χ0v) is 22.4. The minimum atomic E-state index is -2.64. The van der Waals surface area contributed by atoms with E-state index in [2.05, 4.69) is 10.3 Å². The number of nitrogens with zero attached hydrogens (tertiary/aromatic N) is 1. The SMILES string of the molecule is Cc1cc(F)cc(C)c1Oc1cc(P(C)(C)=O)sc1-c1cn(C)c(=O)c2[nH]c(C(=O)NC3CC3)cc12. The van der Waals surface area contributed by atoms with Gasteiger partial charge in [0.2, 0.25) is 0 Å². The topological polar surface area (TPSA) is 93.2 Å². The number of rotatable bonds is 6. The molecule has 3 aromatic heterocycles. The molecule has 4 aromatic rings. The standard InChI is InChI=1S/C26H27FN3O4PS/c1-13-8-15(27)9-14(2)23(13)34-20-11-21(35(4,5)33)36-24(20)18-12-30(3)26(32)22-17(18)10-19(29-22)25(31)28-16-6-7-16/h8-12,16,29H,6-7H2,1-5H3,(H,28,31). The van der Waals surface area contributed by atoms with Gasteiger partial charge in [-0.2, -0.15) is 0 Å². The van der Waals surface area contributed by atoms with Crippen LogP contribution in [0.4, 0.5) is 4.39 Å². The summed E-state index contributed by atoms with van der Waals surface area (Å²) in [5, 5.41) is 3.52. The number of halogens is 1. The maximum absolute atomic E-state index is 13.9. The van der Waals surface area contributed by atoms with Crippen molar-refractivity contribution < 1.29 is 18.5 Å². The van der Waals surface area contributed by atoms with Gasteiger partial charge in [0.1, 0.15) is 35.7 Å². The lowest BCUT2D eigenvalue weighted by Gasteiger charge is -2.13. The van der Waals surface area contributed by atoms with Gasteiger partial charge in [0, 0.05) is 36.3 Å². The van der Waals surface area contributed by atoms with Crippen LogP contribution in [0, 0.1) is 19.7 Å². The zero-order valence-electron chi connectivity index (χ0n) is 20.7. The summed E-state index contributed by atoms with van der Waals surface area (Å²) in [5.74, 6) is 0.374. The Labute approximate surface area is 211 Å². The molecule has 2 N–H and O–H groups in total. The predicted molar refractivity (Wildman–Crippen MR) is 142 cm³/mol. The molecule has 10 heteroatoms. The molecule has 0 unspecified atom stereocenters. The van der Waals surface area contributed by atoms with Gasteiger partial charge in [-0.1, -0.05) is 0 Å². The number of pyridine rings is 1. The fraction of sp³-hybridized carbons (Fsp3) is 0.308. The van der Waals surface area contributed by atoms with Crippen LogP contribution >= 0.6 is 18.5 Å². The van der Waals surface area contributed by atoms with Crippen LogP contribution in [0.2, 0.25) is 0 Å². The van der Waals surface area contributed by atoms with Crippen molar-refractivity contribution in [3.05, 3.63) is 63.5 Å². The van der Waals surface area contributed by atoms with E-state index in [4.69, 9.17) is 4.74 Å². The molecule has 1 saturated carbocycles. The summed E-state index contributed by atoms with van der Waals surface area (Å²) in [6, 6.07) is 6.42. The summed E-state index contributed by atoms with van der Waals surface area (Å²) in [7, 11) is -1.00. The lowest BCUT2D eigenvalue weighted by Crippen LogP contribution is -2.25. The molecular formula is C26H27FN3O4PS. The highest BCUT2D eigenvalue weighted by molar-refractivity contribution is 7.75. The molecule has 1 aromatic carbocycles. The molecular weight excluding hydrogens is 500 g/mol. The summed E-state index contributed by atoms with van der Waals surface area (Å²) in [6.07, 6.45) is 3.60. The smallest absolute Gasteiger partial charge is 0.274 e. The minimum Gasteiger partial charge on any atom is -0.455 e. The Morgan fingerprint density at radius 2 is 1.86 bits per heavy atom. The molecule has 188 valence electrons. The quantitative estimate of drug-likeness (QED) is 0.334. The third-order valence-electron chi connectivity index (χ3n) is 6.22. The highest BCUT2D eigenvalue weighted by Crippen LogP contribution is 2.47. The van der Waals surface area contributed by atoms with E-state index in [9.17, 15) is 18.5 Å². The summed E-state index contributed by atoms with van der Waals surface area (Å²) in [6.45, 7) is 6.91. The van der Waals surface area contributed by atoms with Crippen molar-refractivity contribution in [2.45, 2.75) is 32.7 Å². The monoisotopic (exact) mass is 527 g/mol. The summed E-state index contributed by atoms with van der Waals surface area (Å²) in [5.41, 5.74) is 2.29. The number of carbonyl (C=O) groups excluding carboxylic acids is 1. The van der Waals surface area contributed by atoms with Crippen LogP contribution in [0.5, 0.6) is 11.5 Å². The maximum atomic E-state index is 13.9. The van der Waals surface area contributed by atoms with Gasteiger partial charge in [-0.05, 0) is 69.3 Å². The zero-order chi connectivity index (χ0) is 25.9. The molecule has 1 aliphatic rings. The van der Waals surface area contributed by atoms with Gasteiger partial charge in [0.05, 0.1) is 9.50 Å². The Morgan fingerprint density at radius 1 is 1.19 bits per heavy atom. The van der Waals surface area contributed by atoms with Crippen LogP contribution in [0.3, 0.4) is 0 Å². The number of hydrogen-bond acceptors (Lipinski definition) is 5. The van der Waals surface area contributed by atoms with Gasteiger partial charge >= 0.3 is 0 Å². The number of amides is 1. The summed E-state index contributed by atoms with van der Waals surface area (Å²) >= 11 is 1.33. The first kappa shape index (κ1) is 24.5. The molecule has 0 bridgehead atoms. The van der Waals surface area contributed by atoms with Crippen LogP contribution in [0.15, 0.2) is 35.3 Å². The van der Waals surface area contributed by atoms with Crippen molar-refractivity contribution in [2.24, 2.45) is 7.05 Å². The molecule has 0 aliphatic heterocycles. The average molecular weight is 528 g/mol. The normalized spacial score (nSPS) is 13.8. The second-order valence-corrected chi connectivity index (χ2v) is 14.3. The molecule has 7 nitrogen and oxygen atoms in total. The van der Waals surface area contributed by atoms with Crippen LogP contribution < -0.4 is 20.2 Å². The van der Waals surface area contributed by atoms with E-state index < -0.39 is 7.14 Å². The number of aromatic amines is 1. The van der Waals surface area contributed by atoms with E-state index in [-0.39, 0.29) is 23.3 Å². The Kier molecular flexibility index (Phi) is 5.96. The first-order chi connectivity index (χ1) is 16.9. The number of fused-ring (bicyclic) bond motifs is 1. The van der Waals surface area contributed by atoms with E-state index in [1.165, 1.54) is 28.0 Å². The Balaban J connectivity index is 1.70. The summed E-state index contributed by atoms with van der Waals surface area (Å²) < 4.78 is 35.4. The van der Waals surface area contributed by atoms with Gasteiger partial charge in [-0.3, -0.25) is 9.59 Å². The van der Waals surface area contributed by atoms with Crippen LogP contribution in [-0.2, 0) is 11.6 Å². The van der Waals surface area contributed by atoms with Crippen molar-refractivity contribution in [1.29, 1.82) is 0 Å². The molecule has 5 rings (SSSR count). The van der Waals surface area contributed by atoms with Crippen molar-refractivity contribution in [3.8, 4) is 21.9 Å². The van der Waals surface area contributed by atoms with Gasteiger partial charge < -0.3 is 24.2 Å². The third kappa shape index (κ3) is 4.53. The molecule has 0 saturated heterocycles. The number of hydrogen-bond donors (Lipinski definition) is 2. The molecule has 1 amide bonds. The van der Waals surface area contributed by atoms with Gasteiger partial charge in [0.25, 0.3) is 11.5 Å². The third-order valence-corrected chi connectivity index (χ3v) is 9.96. The highest BCUT2D eigenvalue weighted by Gasteiger charge is 2.27. The Bertz CT molecular complexity index is 1620. The number of thiophene rings is 1. The lowest BCUT2D eigenvalue weighted by molar-refractivity contribution is 0.0947. The molecule has 0 radical (unpaired) electrons. The Morgan fingerprint density at radius 3 is 2.47 bits per heavy atom. The van der Waals surface area contributed by atoms with E-state index in [1.54, 1.807) is 52.6 Å². The second-order valence-electron chi connectivity index (χ2n) is 9.78. The first-order valence-electron chi connectivity index (χ1n) is 11.6. The van der Waals surface area contributed by atoms with Crippen molar-refractivity contribution in [2.75, 3.05) is 13.3 Å². The number of aromatic nitrogens is 2. The first-order valence-corrected chi connectivity index (χ1v) is 15.0. The van der Waals surface area contributed by atoms with Crippen molar-refractivity contribution in [3.63, 3.8) is 0 Å². The van der Waals surface area contributed by atoms with E-state index >= 15 is 0 Å². The fourth-order valence-corrected chi connectivity index (χ4v) is 6.62. The molecule has 3 heterocycles. The summed E-state index contributed by atoms with van der Waals surface area (Å²) in [4.78, 5) is 29.3. The van der Waals surface area contributed by atoms with E-state index in [0.29, 0.717) is 54.3 Å². The van der Waals surface area contributed by atoms with Crippen molar-refractivity contribution in [1.82, 2.24) is 14.9 Å². The molecule has 1 aliphatic carbocycles. The largest absolute Gasteiger partial charge is 0.455 e. The number of aryl methyl sites for hydroxylation is 3. The fourth-order valence-electron chi connectivity index (χ4n) is 4.19. The molecule has 1 fully saturated rings. The van der Waals surface area contributed by atoms with Crippen LogP contribution in [-0.4, -0.2) is 34.8 Å². The average Bonchev–Trinajstić information content (AvgIpc) is 3.30. The van der Waals surface area contributed by atoms with Gasteiger partial charge in [-0.15, -0.1) is 11.3 Å². The number of ether oxygens (including phenoxy) is 1. The van der Waals surface area contributed by atoms with E-state index in [1.807, 2.05) is 0 Å². The number of benzene rings is 1. The number of nitrogens with one attached hydrogen (secondary N) is 2. The van der Waals surface area contributed by atoms with E-state index in [0.717, 1.165) is 12.8 Å². The maximum Gasteiger partial charge on any atom is 0.274 e. The molecule has 0 atom stereocenters. The Hall–Kier alpha value is -3.16. The minimum absolute atomic E-state index is 0.177. The molecule has 36 heavy (non-hydrogen) atoms. The highest BCUT2D eigenvalue weighted by atomic mass is 32.1. The second kappa shape index (κ2) is 8.75. The van der Waals surface area contributed by atoms with Crippen LogP contribution in [0.25, 0.3) is 21.3 Å². The predicted octanol–water partition coefficient (Wildman–Crippen LogP) is 5.28.